The molecule has 0 radical (unpaired) electrons. The molecule has 3 heteroatoms. The van der Waals surface area contributed by atoms with Gasteiger partial charge in [-0.3, -0.25) is 0 Å². The highest BCUT2D eigenvalue weighted by atomic mass is 16.3. The van der Waals surface area contributed by atoms with Gasteiger partial charge >= 0.3 is 0 Å². The molecule has 2 N–H and O–H groups in total. The molecule has 3 nitrogen and oxygen atoms in total. The zero-order valence-electron chi connectivity index (χ0n) is 10.9. The van der Waals surface area contributed by atoms with Gasteiger partial charge in [0, 0.05) is 12.6 Å². The fraction of sp³-hybridized carbons (Fsp3) is 1.00. The number of nitrogens with zero attached hydrogens (tertiary/aromatic N) is 1. The van der Waals surface area contributed by atoms with Gasteiger partial charge in [0.1, 0.15) is 0 Å². The van der Waals surface area contributed by atoms with Crippen molar-refractivity contribution in [2.45, 2.75) is 57.6 Å². The summed E-state index contributed by atoms with van der Waals surface area (Å²) in [6.07, 6.45) is 7.98. The van der Waals surface area contributed by atoms with Crippen LogP contribution in [0.15, 0.2) is 0 Å². The number of hydrogen-bond acceptors (Lipinski definition) is 3. The summed E-state index contributed by atoms with van der Waals surface area (Å²) in [6.45, 7) is 4.73. The highest BCUT2D eigenvalue weighted by Crippen LogP contribution is 2.21. The van der Waals surface area contributed by atoms with Crippen molar-refractivity contribution in [2.24, 2.45) is 0 Å². The number of nitrogens with one attached hydrogen (secondary N) is 1. The number of aliphatic hydroxyl groups excluding tert-OH is 1. The zero-order valence-corrected chi connectivity index (χ0v) is 10.9. The fourth-order valence-electron chi connectivity index (χ4n) is 2.47. The molecule has 0 heterocycles. The molecule has 1 fully saturated rings. The van der Waals surface area contributed by atoms with Crippen LogP contribution in [0.5, 0.6) is 0 Å². The monoisotopic (exact) mass is 228 g/mol. The van der Waals surface area contributed by atoms with Crippen LogP contribution in [-0.4, -0.2) is 48.8 Å². The third-order valence-electron chi connectivity index (χ3n) is 3.50. The molecule has 0 spiro atoms. The first-order valence-electron chi connectivity index (χ1n) is 6.79. The van der Waals surface area contributed by atoms with E-state index in [0.29, 0.717) is 6.54 Å². The van der Waals surface area contributed by atoms with E-state index in [1.807, 2.05) is 6.92 Å². The maximum atomic E-state index is 9.09. The highest BCUT2D eigenvalue weighted by molar-refractivity contribution is 4.73. The minimum absolute atomic E-state index is 0.226. The molecule has 0 aromatic carbocycles. The third kappa shape index (κ3) is 5.83. The van der Waals surface area contributed by atoms with Crippen molar-refractivity contribution >= 4 is 0 Å². The summed E-state index contributed by atoms with van der Waals surface area (Å²) in [5, 5.41) is 12.4. The topological polar surface area (TPSA) is 35.5 Å². The van der Waals surface area contributed by atoms with Crippen LogP contribution in [-0.2, 0) is 0 Å². The van der Waals surface area contributed by atoms with E-state index in [4.69, 9.17) is 5.11 Å². The van der Waals surface area contributed by atoms with Crippen molar-refractivity contribution in [3.05, 3.63) is 0 Å². The number of hydrogen-bond donors (Lipinski definition) is 2. The normalized spacial score (nSPS) is 20.2. The van der Waals surface area contributed by atoms with Crippen molar-refractivity contribution in [2.75, 3.05) is 26.7 Å². The van der Waals surface area contributed by atoms with Crippen LogP contribution in [0.25, 0.3) is 0 Å². The van der Waals surface area contributed by atoms with Crippen molar-refractivity contribution in [1.29, 1.82) is 0 Å². The quantitative estimate of drug-likeness (QED) is 0.650. The van der Waals surface area contributed by atoms with Crippen LogP contribution in [0, 0.1) is 0 Å². The van der Waals surface area contributed by atoms with Crippen LogP contribution in [0.4, 0.5) is 0 Å². The molecular formula is C13H28N2O. The summed E-state index contributed by atoms with van der Waals surface area (Å²) in [6, 6.07) is 0.825. The predicted molar refractivity (Wildman–Crippen MR) is 68.7 cm³/mol. The Labute approximate surface area is 100 Å². The van der Waals surface area contributed by atoms with Gasteiger partial charge in [0.05, 0.1) is 6.10 Å². The second-order valence-corrected chi connectivity index (χ2v) is 5.18. The average Bonchev–Trinajstić information content (AvgIpc) is 2.29. The molecule has 1 saturated carbocycles. The Bertz CT molecular complexity index is 167. The van der Waals surface area contributed by atoms with Crippen LogP contribution in [0.1, 0.15) is 45.4 Å². The van der Waals surface area contributed by atoms with E-state index >= 15 is 0 Å². The predicted octanol–water partition coefficient (Wildman–Crippen LogP) is 1.61. The summed E-state index contributed by atoms with van der Waals surface area (Å²) in [5.41, 5.74) is 0. The Balaban J connectivity index is 1.98. The smallest absolute Gasteiger partial charge is 0.0636 e. The largest absolute Gasteiger partial charge is 0.392 e. The molecule has 1 aliphatic carbocycles. The molecule has 1 aliphatic rings. The lowest BCUT2D eigenvalue weighted by Gasteiger charge is -2.31. The van der Waals surface area contributed by atoms with Gasteiger partial charge in [0.25, 0.3) is 0 Å². The first kappa shape index (κ1) is 13.9. The minimum atomic E-state index is -0.226. The Morgan fingerprint density at radius 3 is 2.62 bits per heavy atom. The molecule has 96 valence electrons. The summed E-state index contributed by atoms with van der Waals surface area (Å²) in [7, 11) is 2.25. The van der Waals surface area contributed by atoms with Gasteiger partial charge in [-0.2, -0.15) is 0 Å². The molecule has 1 rings (SSSR count). The van der Waals surface area contributed by atoms with E-state index in [0.717, 1.165) is 12.6 Å². The first-order chi connectivity index (χ1) is 7.70. The molecule has 1 atom stereocenters. The maximum absolute atomic E-state index is 9.09. The summed E-state index contributed by atoms with van der Waals surface area (Å²) in [5.74, 6) is 0. The van der Waals surface area contributed by atoms with Gasteiger partial charge in [-0.1, -0.05) is 19.3 Å². The van der Waals surface area contributed by atoms with Gasteiger partial charge in [-0.05, 0) is 46.3 Å². The summed E-state index contributed by atoms with van der Waals surface area (Å²) < 4.78 is 0. The maximum Gasteiger partial charge on any atom is 0.0636 e. The zero-order chi connectivity index (χ0) is 11.8. The van der Waals surface area contributed by atoms with Crippen molar-refractivity contribution in [3.63, 3.8) is 0 Å². The first-order valence-corrected chi connectivity index (χ1v) is 6.79. The molecule has 0 bridgehead atoms. The Morgan fingerprint density at radius 2 is 2.00 bits per heavy atom. The van der Waals surface area contributed by atoms with Crippen molar-refractivity contribution < 1.29 is 5.11 Å². The third-order valence-corrected chi connectivity index (χ3v) is 3.50. The molecule has 0 unspecified atom stereocenters. The second kappa shape index (κ2) is 8.04. The summed E-state index contributed by atoms with van der Waals surface area (Å²) >= 11 is 0. The van der Waals surface area contributed by atoms with Gasteiger partial charge in [0.15, 0.2) is 0 Å². The molecule has 0 aliphatic heterocycles. The molecule has 0 aromatic heterocycles. The molecule has 0 aromatic rings. The molecular weight excluding hydrogens is 200 g/mol. The Kier molecular flexibility index (Phi) is 7.01. The molecule has 0 saturated heterocycles. The van der Waals surface area contributed by atoms with Gasteiger partial charge in [0.2, 0.25) is 0 Å². The SMILES string of the molecule is C[C@H](O)CNCCCN(C)C1CCCCC1. The lowest BCUT2D eigenvalue weighted by Crippen LogP contribution is -2.35. The van der Waals surface area contributed by atoms with E-state index in [9.17, 15) is 0 Å². The van der Waals surface area contributed by atoms with Crippen molar-refractivity contribution in [3.8, 4) is 0 Å². The highest BCUT2D eigenvalue weighted by Gasteiger charge is 2.16. The van der Waals surface area contributed by atoms with E-state index < -0.39 is 0 Å². The Morgan fingerprint density at radius 1 is 1.31 bits per heavy atom. The van der Waals surface area contributed by atoms with Crippen LogP contribution >= 0.6 is 0 Å². The van der Waals surface area contributed by atoms with E-state index in [1.54, 1.807) is 0 Å². The lowest BCUT2D eigenvalue weighted by atomic mass is 9.94. The molecule has 16 heavy (non-hydrogen) atoms. The van der Waals surface area contributed by atoms with E-state index in [-0.39, 0.29) is 6.10 Å². The van der Waals surface area contributed by atoms with E-state index in [2.05, 4.69) is 17.3 Å². The average molecular weight is 228 g/mol. The standard InChI is InChI=1S/C13H28N2O/c1-12(16)11-14-9-6-10-15(2)13-7-4-3-5-8-13/h12-14,16H,3-11H2,1-2H3/t12-/m0/s1. The van der Waals surface area contributed by atoms with Gasteiger partial charge in [-0.25, -0.2) is 0 Å². The number of aliphatic hydroxyl groups is 1. The number of rotatable bonds is 7. The van der Waals surface area contributed by atoms with Crippen molar-refractivity contribution in [1.82, 2.24) is 10.2 Å². The Hall–Kier alpha value is -0.120. The van der Waals surface area contributed by atoms with Crippen LogP contribution in [0.2, 0.25) is 0 Å². The molecule has 0 amide bonds. The van der Waals surface area contributed by atoms with Gasteiger partial charge in [-0.15, -0.1) is 0 Å². The van der Waals surface area contributed by atoms with Crippen LogP contribution < -0.4 is 5.32 Å². The fourth-order valence-corrected chi connectivity index (χ4v) is 2.47. The second-order valence-electron chi connectivity index (χ2n) is 5.18. The lowest BCUT2D eigenvalue weighted by molar-refractivity contribution is 0.180. The minimum Gasteiger partial charge on any atom is -0.392 e. The van der Waals surface area contributed by atoms with Crippen LogP contribution in [0.3, 0.4) is 0 Å². The van der Waals surface area contributed by atoms with Gasteiger partial charge < -0.3 is 15.3 Å². The summed E-state index contributed by atoms with van der Waals surface area (Å²) in [4.78, 5) is 2.52. The van der Waals surface area contributed by atoms with E-state index in [1.165, 1.54) is 45.1 Å².